The molecule has 0 aliphatic carbocycles. The number of halogens is 2. The molecule has 0 amide bonds. The molecule has 0 unspecified atom stereocenters. The maximum atomic E-state index is 11.4. The zero-order chi connectivity index (χ0) is 24.0. The third-order valence-corrected chi connectivity index (χ3v) is 6.39. The number of ether oxygens (including phenoxy) is 3. The van der Waals surface area contributed by atoms with Crippen molar-refractivity contribution in [1.82, 2.24) is 5.01 Å². The number of non-ortho nitro benzene ring substituents is 1. The molecule has 0 saturated carbocycles. The van der Waals surface area contributed by atoms with Gasteiger partial charge in [0.05, 0.1) is 35.9 Å². The van der Waals surface area contributed by atoms with Crippen LogP contribution in [0.2, 0.25) is 10.0 Å². The van der Waals surface area contributed by atoms with Gasteiger partial charge in [-0.05, 0) is 30.3 Å². The van der Waals surface area contributed by atoms with Crippen LogP contribution >= 0.6 is 23.2 Å². The Morgan fingerprint density at radius 3 is 2.62 bits per heavy atom. The molecule has 5 rings (SSSR count). The molecule has 3 aromatic rings. The molecule has 0 spiro atoms. The van der Waals surface area contributed by atoms with Crippen molar-refractivity contribution in [1.29, 1.82) is 0 Å². The summed E-state index contributed by atoms with van der Waals surface area (Å²) >= 11 is 12.8. The number of hydrogen-bond acceptors (Lipinski definition) is 7. The van der Waals surface area contributed by atoms with Crippen molar-refractivity contribution >= 4 is 34.6 Å². The number of methoxy groups -OCH3 is 2. The van der Waals surface area contributed by atoms with E-state index in [0.717, 1.165) is 16.8 Å². The third-order valence-electron chi connectivity index (χ3n) is 5.89. The number of benzene rings is 3. The Kier molecular flexibility index (Phi) is 5.71. The maximum Gasteiger partial charge on any atom is 0.269 e. The van der Waals surface area contributed by atoms with Gasteiger partial charge in [0.15, 0.2) is 11.5 Å². The quantitative estimate of drug-likeness (QED) is 0.308. The predicted molar refractivity (Wildman–Crippen MR) is 128 cm³/mol. The van der Waals surface area contributed by atoms with E-state index >= 15 is 0 Å². The summed E-state index contributed by atoms with van der Waals surface area (Å²) in [6.45, 7) is 0. The molecule has 174 valence electrons. The fraction of sp³-hybridized carbons (Fsp3) is 0.208. The minimum atomic E-state index is -0.714. The summed E-state index contributed by atoms with van der Waals surface area (Å²) in [5.74, 6) is 1.70. The summed E-state index contributed by atoms with van der Waals surface area (Å²) in [5, 5.41) is 18.9. The molecule has 10 heteroatoms. The lowest BCUT2D eigenvalue weighted by Gasteiger charge is -2.38. The Morgan fingerprint density at radius 1 is 1.09 bits per heavy atom. The highest BCUT2D eigenvalue weighted by Crippen LogP contribution is 2.51. The van der Waals surface area contributed by atoms with Crippen LogP contribution in [0.25, 0.3) is 0 Å². The average Bonchev–Trinajstić information content (AvgIpc) is 3.29. The van der Waals surface area contributed by atoms with Crippen LogP contribution in [0.3, 0.4) is 0 Å². The number of hydrogen-bond donors (Lipinski definition) is 0. The largest absolute Gasteiger partial charge is 0.493 e. The Labute approximate surface area is 205 Å². The van der Waals surface area contributed by atoms with Gasteiger partial charge in [-0.3, -0.25) is 10.1 Å². The average molecular weight is 500 g/mol. The predicted octanol–water partition coefficient (Wildman–Crippen LogP) is 6.16. The molecule has 8 nitrogen and oxygen atoms in total. The minimum Gasteiger partial charge on any atom is -0.493 e. The Morgan fingerprint density at radius 2 is 1.88 bits per heavy atom. The number of fused-ring (bicyclic) bond motifs is 3. The van der Waals surface area contributed by atoms with Gasteiger partial charge in [0.25, 0.3) is 5.69 Å². The first kappa shape index (κ1) is 22.3. The first-order valence-electron chi connectivity index (χ1n) is 10.4. The van der Waals surface area contributed by atoms with Crippen LogP contribution in [0.4, 0.5) is 5.69 Å². The number of nitrogens with zero attached hydrogens (tertiary/aromatic N) is 3. The molecule has 2 aliphatic rings. The highest BCUT2D eigenvalue weighted by Gasteiger charge is 2.42. The summed E-state index contributed by atoms with van der Waals surface area (Å²) in [4.78, 5) is 10.9. The van der Waals surface area contributed by atoms with E-state index in [4.69, 9.17) is 42.5 Å². The van der Waals surface area contributed by atoms with Crippen molar-refractivity contribution in [3.05, 3.63) is 91.4 Å². The van der Waals surface area contributed by atoms with Gasteiger partial charge in [-0.2, -0.15) is 5.10 Å². The second-order valence-electron chi connectivity index (χ2n) is 7.84. The fourth-order valence-electron chi connectivity index (χ4n) is 4.32. The maximum absolute atomic E-state index is 11.4. The van der Waals surface area contributed by atoms with Gasteiger partial charge in [0.2, 0.25) is 6.23 Å². The van der Waals surface area contributed by atoms with Crippen LogP contribution in [0.5, 0.6) is 17.2 Å². The summed E-state index contributed by atoms with van der Waals surface area (Å²) in [6.07, 6.45) is -0.165. The van der Waals surface area contributed by atoms with E-state index in [1.165, 1.54) is 12.1 Å². The molecule has 3 aromatic carbocycles. The minimum absolute atomic E-state index is 0.0334. The van der Waals surface area contributed by atoms with Gasteiger partial charge in [-0.25, -0.2) is 5.01 Å². The van der Waals surface area contributed by atoms with Gasteiger partial charge in [-0.1, -0.05) is 35.3 Å². The van der Waals surface area contributed by atoms with Gasteiger partial charge in [-0.15, -0.1) is 0 Å². The number of nitro benzene ring substituents is 1. The van der Waals surface area contributed by atoms with Crippen LogP contribution in [-0.2, 0) is 0 Å². The van der Waals surface area contributed by atoms with Crippen LogP contribution in [0.1, 0.15) is 35.4 Å². The normalized spacial score (nSPS) is 18.5. The van der Waals surface area contributed by atoms with Crippen LogP contribution < -0.4 is 14.2 Å². The fourth-order valence-corrected chi connectivity index (χ4v) is 4.87. The van der Waals surface area contributed by atoms with Crippen LogP contribution in [-0.4, -0.2) is 29.9 Å². The highest BCUT2D eigenvalue weighted by molar-refractivity contribution is 6.35. The summed E-state index contributed by atoms with van der Waals surface area (Å²) in [6, 6.07) is 15.1. The van der Waals surface area contributed by atoms with Crippen LogP contribution in [0.15, 0.2) is 59.7 Å². The smallest absolute Gasteiger partial charge is 0.269 e. The molecule has 0 N–H and O–H groups in total. The zero-order valence-electron chi connectivity index (χ0n) is 18.2. The van der Waals surface area contributed by atoms with E-state index in [2.05, 4.69) is 0 Å². The first-order valence-corrected chi connectivity index (χ1v) is 11.1. The molecule has 0 bridgehead atoms. The molecule has 2 aliphatic heterocycles. The monoisotopic (exact) mass is 499 g/mol. The van der Waals surface area contributed by atoms with Gasteiger partial charge < -0.3 is 14.2 Å². The molecule has 2 heterocycles. The second-order valence-corrected chi connectivity index (χ2v) is 8.69. The number of nitro groups is 1. The Bertz CT molecular complexity index is 1330. The van der Waals surface area contributed by atoms with E-state index in [1.807, 2.05) is 24.3 Å². The SMILES string of the molecule is COc1ccc(C2=NN3[C@H](C2)c2cc(Cl)cc(Cl)c2O[C@@H]3c2cccc([N+](=O)[O-])c2)cc1OC. The van der Waals surface area contributed by atoms with Gasteiger partial charge >= 0.3 is 0 Å². The summed E-state index contributed by atoms with van der Waals surface area (Å²) < 4.78 is 17.1. The standard InChI is InChI=1S/C24H19Cl2N3O5/c1-32-21-7-6-13(9-22(21)33-2)19-12-20-17-10-15(25)11-18(26)23(17)34-24(28(20)27-19)14-4-3-5-16(8-14)29(30)31/h3-11,20,24H,12H2,1-2H3/t20-,24-/m1/s1. The van der Waals surface area contributed by atoms with Crippen molar-refractivity contribution in [2.24, 2.45) is 5.10 Å². The molecular weight excluding hydrogens is 481 g/mol. The lowest BCUT2D eigenvalue weighted by molar-refractivity contribution is -0.385. The van der Waals surface area contributed by atoms with Crippen molar-refractivity contribution in [3.8, 4) is 17.2 Å². The number of hydrazone groups is 1. The molecule has 0 radical (unpaired) electrons. The third kappa shape index (κ3) is 3.78. The van der Waals surface area contributed by atoms with Crippen LogP contribution in [0, 0.1) is 10.1 Å². The Balaban J connectivity index is 1.62. The van der Waals surface area contributed by atoms with E-state index < -0.39 is 11.2 Å². The molecule has 0 aromatic heterocycles. The molecule has 34 heavy (non-hydrogen) atoms. The Hall–Kier alpha value is -3.49. The zero-order valence-corrected chi connectivity index (χ0v) is 19.7. The van der Waals surface area contributed by atoms with Gasteiger partial charge in [0.1, 0.15) is 5.75 Å². The molecular formula is C24H19Cl2N3O5. The van der Waals surface area contributed by atoms with E-state index in [-0.39, 0.29) is 11.7 Å². The van der Waals surface area contributed by atoms with Crippen molar-refractivity contribution in [2.45, 2.75) is 18.7 Å². The number of rotatable bonds is 5. The summed E-state index contributed by atoms with van der Waals surface area (Å²) in [5.41, 5.74) is 3.02. The van der Waals surface area contributed by atoms with Crippen molar-refractivity contribution in [2.75, 3.05) is 14.2 Å². The highest BCUT2D eigenvalue weighted by atomic mass is 35.5. The first-order chi connectivity index (χ1) is 16.4. The lowest BCUT2D eigenvalue weighted by Crippen LogP contribution is -2.33. The summed E-state index contributed by atoms with van der Waals surface area (Å²) in [7, 11) is 3.16. The van der Waals surface area contributed by atoms with E-state index in [9.17, 15) is 10.1 Å². The van der Waals surface area contributed by atoms with Crippen molar-refractivity contribution in [3.63, 3.8) is 0 Å². The van der Waals surface area contributed by atoms with Gasteiger partial charge in [0, 0.05) is 40.3 Å². The van der Waals surface area contributed by atoms with E-state index in [1.54, 1.807) is 37.4 Å². The molecule has 0 saturated heterocycles. The van der Waals surface area contributed by atoms with Crippen molar-refractivity contribution < 1.29 is 19.1 Å². The molecule has 2 atom stereocenters. The molecule has 0 fully saturated rings. The lowest BCUT2D eigenvalue weighted by atomic mass is 9.95. The second kappa shape index (κ2) is 8.70. The topological polar surface area (TPSA) is 86.4 Å². The van der Waals surface area contributed by atoms with E-state index in [0.29, 0.717) is 39.3 Å².